The third-order valence-electron chi connectivity index (χ3n) is 3.05. The predicted octanol–water partition coefficient (Wildman–Crippen LogP) is 4.25. The Kier molecular flexibility index (Phi) is 5.37. The van der Waals surface area contributed by atoms with Gasteiger partial charge in [0, 0.05) is 0 Å². The predicted molar refractivity (Wildman–Crippen MR) is 70.1 cm³/mol. The van der Waals surface area contributed by atoms with Crippen molar-refractivity contribution in [3.05, 3.63) is 28.8 Å². The number of phenols is 1. The molecule has 1 rings (SSSR count). The maximum Gasteiger partial charge on any atom is 0.121 e. The summed E-state index contributed by atoms with van der Waals surface area (Å²) >= 11 is 0. The Bertz CT molecular complexity index is 328. The number of hydrogen-bond acceptors (Lipinski definition) is 1. The van der Waals surface area contributed by atoms with Crippen molar-refractivity contribution in [1.82, 2.24) is 0 Å². The summed E-state index contributed by atoms with van der Waals surface area (Å²) in [4.78, 5) is 0. The van der Waals surface area contributed by atoms with Crippen LogP contribution in [0.1, 0.15) is 56.7 Å². The highest BCUT2D eigenvalue weighted by atomic mass is 16.3. The first kappa shape index (κ1) is 13.1. The molecule has 1 aromatic rings. The Hall–Kier alpha value is -0.980. The summed E-state index contributed by atoms with van der Waals surface area (Å²) in [6.07, 6.45) is 6.55. The van der Waals surface area contributed by atoms with Crippen molar-refractivity contribution in [2.45, 2.75) is 59.3 Å². The van der Waals surface area contributed by atoms with Crippen molar-refractivity contribution in [2.75, 3.05) is 0 Å². The number of unbranched alkanes of at least 4 members (excludes halogenated alkanes) is 1. The van der Waals surface area contributed by atoms with Crippen LogP contribution in [0, 0.1) is 0 Å². The molecule has 90 valence electrons. The highest BCUT2D eigenvalue weighted by Crippen LogP contribution is 2.27. The van der Waals surface area contributed by atoms with Gasteiger partial charge in [0.05, 0.1) is 0 Å². The van der Waals surface area contributed by atoms with E-state index in [2.05, 4.69) is 32.9 Å². The number of benzene rings is 1. The first-order valence-electron chi connectivity index (χ1n) is 6.56. The van der Waals surface area contributed by atoms with Crippen molar-refractivity contribution >= 4 is 0 Å². The zero-order valence-electron chi connectivity index (χ0n) is 10.8. The van der Waals surface area contributed by atoms with E-state index in [-0.39, 0.29) is 0 Å². The Balaban J connectivity index is 2.98. The fourth-order valence-electron chi connectivity index (χ4n) is 2.09. The van der Waals surface area contributed by atoms with Gasteiger partial charge in [-0.15, -0.1) is 0 Å². The van der Waals surface area contributed by atoms with Crippen molar-refractivity contribution in [3.63, 3.8) is 0 Å². The summed E-state index contributed by atoms with van der Waals surface area (Å²) in [5.74, 6) is 0.538. The van der Waals surface area contributed by atoms with Gasteiger partial charge >= 0.3 is 0 Å². The average Bonchev–Trinajstić information content (AvgIpc) is 2.29. The summed E-state index contributed by atoms with van der Waals surface area (Å²) in [5.41, 5.74) is 3.63. The van der Waals surface area contributed by atoms with E-state index in [4.69, 9.17) is 0 Å². The fraction of sp³-hybridized carbons (Fsp3) is 0.600. The van der Waals surface area contributed by atoms with Gasteiger partial charge < -0.3 is 5.11 Å². The van der Waals surface area contributed by atoms with Gasteiger partial charge in [-0.1, -0.05) is 45.7 Å². The molecule has 16 heavy (non-hydrogen) atoms. The Morgan fingerprint density at radius 3 is 2.19 bits per heavy atom. The monoisotopic (exact) mass is 220 g/mol. The molecule has 0 spiro atoms. The second-order valence-electron chi connectivity index (χ2n) is 4.47. The van der Waals surface area contributed by atoms with Crippen LogP contribution in [0.2, 0.25) is 0 Å². The summed E-state index contributed by atoms with van der Waals surface area (Å²) < 4.78 is 0. The van der Waals surface area contributed by atoms with Crippen LogP contribution in [0.4, 0.5) is 0 Å². The summed E-state index contributed by atoms with van der Waals surface area (Å²) in [6.45, 7) is 6.49. The van der Waals surface area contributed by atoms with Crippen LogP contribution in [0.5, 0.6) is 5.75 Å². The molecule has 0 saturated carbocycles. The lowest BCUT2D eigenvalue weighted by atomic mass is 9.97. The van der Waals surface area contributed by atoms with Crippen LogP contribution in [0.15, 0.2) is 12.1 Å². The van der Waals surface area contributed by atoms with E-state index in [0.29, 0.717) is 5.75 Å². The fourth-order valence-corrected chi connectivity index (χ4v) is 2.09. The first-order chi connectivity index (χ1) is 7.72. The van der Waals surface area contributed by atoms with E-state index in [9.17, 15) is 5.11 Å². The lowest BCUT2D eigenvalue weighted by molar-refractivity contribution is 0.460. The van der Waals surface area contributed by atoms with Crippen LogP contribution < -0.4 is 0 Å². The van der Waals surface area contributed by atoms with E-state index >= 15 is 0 Å². The summed E-state index contributed by atoms with van der Waals surface area (Å²) in [5, 5.41) is 10.1. The van der Waals surface area contributed by atoms with Gasteiger partial charge in [-0.05, 0) is 42.4 Å². The largest absolute Gasteiger partial charge is 0.507 e. The molecule has 0 saturated heterocycles. The number of aromatic hydroxyl groups is 1. The molecule has 1 N–H and O–H groups in total. The summed E-state index contributed by atoms with van der Waals surface area (Å²) in [6, 6.07) is 4.35. The quantitative estimate of drug-likeness (QED) is 0.760. The smallest absolute Gasteiger partial charge is 0.121 e. The molecule has 0 radical (unpaired) electrons. The third-order valence-corrected chi connectivity index (χ3v) is 3.05. The minimum atomic E-state index is 0.538. The number of aryl methyl sites for hydroxylation is 3. The van der Waals surface area contributed by atoms with Crippen molar-refractivity contribution in [1.29, 1.82) is 0 Å². The Morgan fingerprint density at radius 1 is 0.938 bits per heavy atom. The number of rotatable bonds is 6. The molecule has 0 aromatic heterocycles. The van der Waals surface area contributed by atoms with Gasteiger partial charge in [0.15, 0.2) is 0 Å². The minimum Gasteiger partial charge on any atom is -0.507 e. The molecule has 0 unspecified atom stereocenters. The van der Waals surface area contributed by atoms with Gasteiger partial charge in [0.25, 0.3) is 0 Å². The molecule has 0 aliphatic rings. The van der Waals surface area contributed by atoms with Crippen LogP contribution in [-0.2, 0) is 19.3 Å². The average molecular weight is 220 g/mol. The molecule has 0 aliphatic heterocycles. The lowest BCUT2D eigenvalue weighted by Crippen LogP contribution is -1.95. The van der Waals surface area contributed by atoms with Crippen LogP contribution in [0.25, 0.3) is 0 Å². The summed E-state index contributed by atoms with van der Waals surface area (Å²) in [7, 11) is 0. The van der Waals surface area contributed by atoms with Gasteiger partial charge in [-0.2, -0.15) is 0 Å². The SMILES string of the molecule is CCCCc1cc(CCC)cc(CC)c1O. The van der Waals surface area contributed by atoms with Crippen molar-refractivity contribution < 1.29 is 5.11 Å². The molecule has 0 heterocycles. The van der Waals surface area contributed by atoms with Crippen LogP contribution in [0.3, 0.4) is 0 Å². The standard InChI is InChI=1S/C15H24O/c1-4-7-9-14-11-12(8-5-2)10-13(6-3)15(14)16/h10-11,16H,4-9H2,1-3H3. The van der Waals surface area contributed by atoms with Gasteiger partial charge in [-0.3, -0.25) is 0 Å². The van der Waals surface area contributed by atoms with Gasteiger partial charge in [0.2, 0.25) is 0 Å². The minimum absolute atomic E-state index is 0.538. The van der Waals surface area contributed by atoms with Crippen LogP contribution in [-0.4, -0.2) is 5.11 Å². The normalized spacial score (nSPS) is 10.7. The Morgan fingerprint density at radius 2 is 1.62 bits per heavy atom. The van der Waals surface area contributed by atoms with Crippen LogP contribution >= 0.6 is 0 Å². The highest BCUT2D eigenvalue weighted by molar-refractivity contribution is 5.44. The Labute approximate surface area is 99.5 Å². The molecule has 1 nitrogen and oxygen atoms in total. The van der Waals surface area contributed by atoms with Gasteiger partial charge in [-0.25, -0.2) is 0 Å². The molecule has 0 atom stereocenters. The van der Waals surface area contributed by atoms with E-state index in [1.54, 1.807) is 0 Å². The number of hydrogen-bond donors (Lipinski definition) is 1. The molecule has 0 bridgehead atoms. The van der Waals surface area contributed by atoms with E-state index in [1.807, 2.05) is 0 Å². The van der Waals surface area contributed by atoms with E-state index in [0.717, 1.165) is 36.8 Å². The molecular weight excluding hydrogens is 196 g/mol. The van der Waals surface area contributed by atoms with E-state index in [1.165, 1.54) is 18.4 Å². The molecule has 1 aromatic carbocycles. The number of phenolic OH excluding ortho intramolecular Hbond substituents is 1. The zero-order chi connectivity index (χ0) is 12.0. The molecule has 0 fully saturated rings. The maximum atomic E-state index is 10.1. The maximum absolute atomic E-state index is 10.1. The topological polar surface area (TPSA) is 20.2 Å². The molecule has 0 aliphatic carbocycles. The lowest BCUT2D eigenvalue weighted by Gasteiger charge is -2.11. The van der Waals surface area contributed by atoms with Crippen molar-refractivity contribution in [2.24, 2.45) is 0 Å². The molecule has 0 amide bonds. The third kappa shape index (κ3) is 3.26. The second kappa shape index (κ2) is 6.57. The zero-order valence-corrected chi connectivity index (χ0v) is 10.8. The highest BCUT2D eigenvalue weighted by Gasteiger charge is 2.08. The van der Waals surface area contributed by atoms with Gasteiger partial charge in [0.1, 0.15) is 5.75 Å². The molecule has 1 heteroatoms. The van der Waals surface area contributed by atoms with Crippen molar-refractivity contribution in [3.8, 4) is 5.75 Å². The first-order valence-corrected chi connectivity index (χ1v) is 6.56. The second-order valence-corrected chi connectivity index (χ2v) is 4.47. The molecular formula is C15H24O. The van der Waals surface area contributed by atoms with E-state index < -0.39 is 0 Å².